The van der Waals surface area contributed by atoms with E-state index in [1.54, 1.807) is 6.92 Å². The molecule has 0 aliphatic carbocycles. The third-order valence-electron chi connectivity index (χ3n) is 3.57. The number of piperazine rings is 1. The van der Waals surface area contributed by atoms with Crippen LogP contribution in [0.1, 0.15) is 19.0 Å². The van der Waals surface area contributed by atoms with E-state index in [2.05, 4.69) is 16.8 Å². The molecule has 1 aromatic heterocycles. The van der Waals surface area contributed by atoms with Gasteiger partial charge in [-0.15, -0.1) is 0 Å². The van der Waals surface area contributed by atoms with E-state index in [1.807, 2.05) is 7.05 Å². The van der Waals surface area contributed by atoms with Crippen molar-refractivity contribution < 1.29 is 8.42 Å². The summed E-state index contributed by atoms with van der Waals surface area (Å²) in [4.78, 5) is 15.7. The molecule has 1 fully saturated rings. The highest BCUT2D eigenvalue weighted by molar-refractivity contribution is 7.91. The van der Waals surface area contributed by atoms with Crippen molar-refractivity contribution in [1.82, 2.24) is 14.2 Å². The van der Waals surface area contributed by atoms with Gasteiger partial charge in [-0.1, -0.05) is 18.3 Å². The van der Waals surface area contributed by atoms with Gasteiger partial charge in [-0.2, -0.15) is 4.31 Å². The average molecular weight is 305 g/mol. The van der Waals surface area contributed by atoms with Crippen molar-refractivity contribution in [2.24, 2.45) is 0 Å². The second-order valence-corrected chi connectivity index (χ2v) is 7.95. The van der Waals surface area contributed by atoms with Crippen LogP contribution < -0.4 is 4.87 Å². The van der Waals surface area contributed by atoms with Crippen LogP contribution in [0.4, 0.5) is 0 Å². The van der Waals surface area contributed by atoms with Crippen LogP contribution in [0.15, 0.2) is 9.00 Å². The number of nitrogens with zero attached hydrogens (tertiary/aromatic N) is 2. The summed E-state index contributed by atoms with van der Waals surface area (Å²) in [5, 5.41) is 0. The Morgan fingerprint density at radius 1 is 1.42 bits per heavy atom. The number of aromatic nitrogens is 1. The molecule has 1 saturated heterocycles. The molecule has 1 aromatic rings. The third-order valence-corrected chi connectivity index (χ3v) is 7.01. The van der Waals surface area contributed by atoms with E-state index in [-0.39, 0.29) is 15.1 Å². The Balaban J connectivity index is 2.30. The van der Waals surface area contributed by atoms with Gasteiger partial charge in [-0.3, -0.25) is 4.79 Å². The Hall–Kier alpha value is -0.700. The van der Waals surface area contributed by atoms with Gasteiger partial charge in [0.1, 0.15) is 0 Å². The molecule has 0 amide bonds. The SMILES string of the molecule is CCC1CN(S(=O)(=O)c2sc(=O)[nH]c2C)CCN1C. The van der Waals surface area contributed by atoms with E-state index >= 15 is 0 Å². The zero-order chi connectivity index (χ0) is 14.2. The van der Waals surface area contributed by atoms with Crippen molar-refractivity contribution in [3.05, 3.63) is 15.4 Å². The van der Waals surface area contributed by atoms with Crippen molar-refractivity contribution in [3.63, 3.8) is 0 Å². The predicted molar refractivity (Wildman–Crippen MR) is 75.1 cm³/mol. The van der Waals surface area contributed by atoms with Gasteiger partial charge >= 0.3 is 4.87 Å². The number of rotatable bonds is 3. The van der Waals surface area contributed by atoms with Crippen LogP contribution in [-0.4, -0.2) is 55.3 Å². The van der Waals surface area contributed by atoms with Crippen LogP contribution in [-0.2, 0) is 10.0 Å². The molecule has 19 heavy (non-hydrogen) atoms. The molecule has 2 heterocycles. The van der Waals surface area contributed by atoms with Crippen LogP contribution in [0.2, 0.25) is 0 Å². The van der Waals surface area contributed by atoms with E-state index in [0.29, 0.717) is 18.8 Å². The van der Waals surface area contributed by atoms with Gasteiger partial charge in [0.25, 0.3) is 10.0 Å². The summed E-state index contributed by atoms with van der Waals surface area (Å²) >= 11 is 0.770. The minimum atomic E-state index is -3.54. The molecule has 1 aliphatic heterocycles. The lowest BCUT2D eigenvalue weighted by Crippen LogP contribution is -2.52. The number of thiazole rings is 1. The van der Waals surface area contributed by atoms with Crippen molar-refractivity contribution in [3.8, 4) is 0 Å². The summed E-state index contributed by atoms with van der Waals surface area (Å²) in [6.07, 6.45) is 0.908. The fourth-order valence-electron chi connectivity index (χ4n) is 2.33. The lowest BCUT2D eigenvalue weighted by atomic mass is 10.1. The summed E-state index contributed by atoms with van der Waals surface area (Å²) in [7, 11) is -1.53. The number of hydrogen-bond acceptors (Lipinski definition) is 5. The minimum Gasteiger partial charge on any atom is -0.315 e. The molecule has 0 saturated carbocycles. The summed E-state index contributed by atoms with van der Waals surface area (Å²) in [5.74, 6) is 0. The van der Waals surface area contributed by atoms with Crippen LogP contribution in [0.3, 0.4) is 0 Å². The number of hydrogen-bond donors (Lipinski definition) is 1. The maximum absolute atomic E-state index is 12.5. The predicted octanol–water partition coefficient (Wildman–Crippen LogP) is 0.460. The van der Waals surface area contributed by atoms with Crippen LogP contribution in [0.25, 0.3) is 0 Å². The number of aryl methyl sites for hydroxylation is 1. The molecule has 6 nitrogen and oxygen atoms in total. The number of sulfonamides is 1. The van der Waals surface area contributed by atoms with E-state index in [0.717, 1.165) is 24.3 Å². The van der Waals surface area contributed by atoms with Gasteiger partial charge in [0, 0.05) is 31.4 Å². The Kier molecular flexibility index (Phi) is 4.14. The van der Waals surface area contributed by atoms with Crippen molar-refractivity contribution in [2.75, 3.05) is 26.7 Å². The molecular formula is C11H19N3O3S2. The highest BCUT2D eigenvalue weighted by Crippen LogP contribution is 2.24. The first kappa shape index (κ1) is 14.7. The van der Waals surface area contributed by atoms with Gasteiger partial charge in [0.2, 0.25) is 0 Å². The normalized spacial score (nSPS) is 22.8. The maximum Gasteiger partial charge on any atom is 0.305 e. The molecule has 1 unspecified atom stereocenters. The second-order valence-electron chi connectivity index (χ2n) is 4.83. The van der Waals surface area contributed by atoms with Gasteiger partial charge in [0.15, 0.2) is 4.21 Å². The Morgan fingerprint density at radius 2 is 2.11 bits per heavy atom. The zero-order valence-corrected chi connectivity index (χ0v) is 13.0. The summed E-state index contributed by atoms with van der Waals surface area (Å²) in [5.41, 5.74) is 0.432. The van der Waals surface area contributed by atoms with E-state index in [4.69, 9.17) is 0 Å². The van der Waals surface area contributed by atoms with Gasteiger partial charge in [-0.05, 0) is 20.4 Å². The smallest absolute Gasteiger partial charge is 0.305 e. The first-order valence-electron chi connectivity index (χ1n) is 6.26. The Morgan fingerprint density at radius 3 is 2.63 bits per heavy atom. The molecule has 8 heteroatoms. The molecule has 2 rings (SSSR count). The first-order valence-corrected chi connectivity index (χ1v) is 8.52. The zero-order valence-electron chi connectivity index (χ0n) is 11.3. The van der Waals surface area contributed by atoms with Crippen molar-refractivity contribution in [2.45, 2.75) is 30.5 Å². The second kappa shape index (κ2) is 5.35. The van der Waals surface area contributed by atoms with Crippen LogP contribution >= 0.6 is 11.3 Å². The molecule has 0 radical (unpaired) electrons. The Bertz CT molecular complexity index is 605. The lowest BCUT2D eigenvalue weighted by molar-refractivity contribution is 0.144. The molecule has 1 aliphatic rings. The van der Waals surface area contributed by atoms with Crippen LogP contribution in [0, 0.1) is 6.92 Å². The van der Waals surface area contributed by atoms with E-state index in [1.165, 1.54) is 4.31 Å². The average Bonchev–Trinajstić information content (AvgIpc) is 2.69. The maximum atomic E-state index is 12.5. The highest BCUT2D eigenvalue weighted by Gasteiger charge is 2.34. The number of aromatic amines is 1. The largest absolute Gasteiger partial charge is 0.315 e. The molecule has 0 spiro atoms. The lowest BCUT2D eigenvalue weighted by Gasteiger charge is -2.38. The van der Waals surface area contributed by atoms with E-state index in [9.17, 15) is 13.2 Å². The molecule has 0 bridgehead atoms. The summed E-state index contributed by atoms with van der Waals surface area (Å²) in [6.45, 7) is 5.35. The third kappa shape index (κ3) is 2.76. The summed E-state index contributed by atoms with van der Waals surface area (Å²) in [6, 6.07) is 0.236. The van der Waals surface area contributed by atoms with Gasteiger partial charge in [0.05, 0.1) is 0 Å². The number of likely N-dealkylation sites (N-methyl/N-ethyl adjacent to an activating group) is 1. The molecule has 1 N–H and O–H groups in total. The fraction of sp³-hybridized carbons (Fsp3) is 0.727. The molecule has 1 atom stereocenters. The van der Waals surface area contributed by atoms with Crippen LogP contribution in [0.5, 0.6) is 0 Å². The quantitative estimate of drug-likeness (QED) is 0.880. The summed E-state index contributed by atoms with van der Waals surface area (Å²) < 4.78 is 26.7. The van der Waals surface area contributed by atoms with Crippen molar-refractivity contribution >= 4 is 21.4 Å². The molecule has 108 valence electrons. The topological polar surface area (TPSA) is 73.5 Å². The molecular weight excluding hydrogens is 286 g/mol. The number of H-pyrrole nitrogens is 1. The van der Waals surface area contributed by atoms with Gasteiger partial charge in [-0.25, -0.2) is 8.42 Å². The standard InChI is InChI=1S/C11H19N3O3S2/c1-4-9-7-14(6-5-13(9)3)19(16,17)10-8(2)12-11(15)18-10/h9H,4-7H2,1-3H3,(H,12,15). The van der Waals surface area contributed by atoms with E-state index < -0.39 is 10.0 Å². The highest BCUT2D eigenvalue weighted by atomic mass is 32.2. The van der Waals surface area contributed by atoms with Crippen molar-refractivity contribution in [1.29, 1.82) is 0 Å². The van der Waals surface area contributed by atoms with Gasteiger partial charge < -0.3 is 9.88 Å². The number of nitrogens with one attached hydrogen (secondary N) is 1. The minimum absolute atomic E-state index is 0.150. The molecule has 0 aromatic carbocycles. The Labute approximate surface area is 117 Å². The monoisotopic (exact) mass is 305 g/mol. The fourth-order valence-corrected chi connectivity index (χ4v) is 5.23. The first-order chi connectivity index (χ1) is 8.86.